The molecule has 0 atom stereocenters. The molecular formula is C11H8ClNO2S2. The summed E-state index contributed by atoms with van der Waals surface area (Å²) in [5.41, 5.74) is 0.327. The van der Waals surface area contributed by atoms with Gasteiger partial charge in [0.1, 0.15) is 0 Å². The lowest BCUT2D eigenvalue weighted by Gasteiger charge is -2.03. The molecule has 1 N–H and O–H groups in total. The van der Waals surface area contributed by atoms with Gasteiger partial charge in [0, 0.05) is 21.7 Å². The number of aromatic nitrogens is 1. The number of thioether (sulfide) groups is 1. The molecule has 0 aliphatic heterocycles. The molecule has 2 aromatic rings. The summed E-state index contributed by atoms with van der Waals surface area (Å²) in [4.78, 5) is 16.7. The highest BCUT2D eigenvalue weighted by atomic mass is 35.5. The molecule has 0 fully saturated rings. The molecule has 0 saturated carbocycles. The van der Waals surface area contributed by atoms with E-state index in [9.17, 15) is 4.79 Å². The lowest BCUT2D eigenvalue weighted by atomic mass is 10.2. The first kappa shape index (κ1) is 12.4. The molecule has 0 saturated heterocycles. The molecule has 6 heteroatoms. The third-order valence-electron chi connectivity index (χ3n) is 2.01. The van der Waals surface area contributed by atoms with Gasteiger partial charge >= 0.3 is 5.97 Å². The minimum atomic E-state index is -0.907. The van der Waals surface area contributed by atoms with Crippen LogP contribution in [0.3, 0.4) is 0 Å². The van der Waals surface area contributed by atoms with Crippen molar-refractivity contribution in [1.29, 1.82) is 0 Å². The minimum absolute atomic E-state index is 0.327. The highest BCUT2D eigenvalue weighted by molar-refractivity contribution is 7.98. The van der Waals surface area contributed by atoms with Crippen LogP contribution in [0.2, 0.25) is 4.47 Å². The second-order valence-corrected chi connectivity index (χ2v) is 5.88. The predicted octanol–water partition coefficient (Wildman–Crippen LogP) is 3.79. The Kier molecular flexibility index (Phi) is 4.04. The molecule has 2 rings (SSSR count). The van der Waals surface area contributed by atoms with E-state index in [4.69, 9.17) is 16.7 Å². The molecule has 1 heterocycles. The molecule has 0 spiro atoms. The van der Waals surface area contributed by atoms with Gasteiger partial charge in [-0.1, -0.05) is 23.7 Å². The Morgan fingerprint density at radius 1 is 1.47 bits per heavy atom. The lowest BCUT2D eigenvalue weighted by molar-refractivity contribution is 0.0693. The average molecular weight is 286 g/mol. The highest BCUT2D eigenvalue weighted by Crippen LogP contribution is 2.29. The maximum atomic E-state index is 11.0. The normalized spacial score (nSPS) is 10.4. The number of hydrogen-bond donors (Lipinski definition) is 1. The monoisotopic (exact) mass is 285 g/mol. The molecule has 0 aliphatic rings. The van der Waals surface area contributed by atoms with E-state index in [2.05, 4.69) is 4.98 Å². The maximum Gasteiger partial charge on any atom is 0.336 e. The van der Waals surface area contributed by atoms with E-state index >= 15 is 0 Å². The molecule has 0 radical (unpaired) electrons. The van der Waals surface area contributed by atoms with Crippen molar-refractivity contribution in [3.8, 4) is 0 Å². The van der Waals surface area contributed by atoms with Crippen LogP contribution in [-0.2, 0) is 5.75 Å². The van der Waals surface area contributed by atoms with E-state index in [-0.39, 0.29) is 0 Å². The number of thiazole rings is 1. The number of carboxylic acids is 1. The van der Waals surface area contributed by atoms with Gasteiger partial charge in [-0.05, 0) is 12.1 Å². The van der Waals surface area contributed by atoms with Gasteiger partial charge in [-0.15, -0.1) is 23.1 Å². The van der Waals surface area contributed by atoms with Gasteiger partial charge in [0.15, 0.2) is 4.47 Å². The summed E-state index contributed by atoms with van der Waals surface area (Å²) >= 11 is 8.61. The second-order valence-electron chi connectivity index (χ2n) is 3.17. The van der Waals surface area contributed by atoms with Gasteiger partial charge in [-0.3, -0.25) is 0 Å². The van der Waals surface area contributed by atoms with Gasteiger partial charge in [0.05, 0.1) is 5.56 Å². The fourth-order valence-corrected chi connectivity index (χ4v) is 3.31. The van der Waals surface area contributed by atoms with Crippen molar-refractivity contribution in [2.75, 3.05) is 0 Å². The number of nitrogens with zero attached hydrogens (tertiary/aromatic N) is 1. The quantitative estimate of drug-likeness (QED) is 0.869. The van der Waals surface area contributed by atoms with Crippen LogP contribution < -0.4 is 0 Å². The Morgan fingerprint density at radius 2 is 2.24 bits per heavy atom. The van der Waals surface area contributed by atoms with Crippen molar-refractivity contribution in [2.45, 2.75) is 10.6 Å². The van der Waals surface area contributed by atoms with Crippen molar-refractivity contribution in [3.63, 3.8) is 0 Å². The van der Waals surface area contributed by atoms with Crippen molar-refractivity contribution < 1.29 is 9.90 Å². The smallest absolute Gasteiger partial charge is 0.336 e. The number of hydrogen-bond acceptors (Lipinski definition) is 4. The minimum Gasteiger partial charge on any atom is -0.478 e. The molecule has 0 bridgehead atoms. The predicted molar refractivity (Wildman–Crippen MR) is 70.1 cm³/mol. The summed E-state index contributed by atoms with van der Waals surface area (Å²) in [5, 5.41) is 9.02. The van der Waals surface area contributed by atoms with Crippen molar-refractivity contribution >= 4 is 40.7 Å². The van der Waals surface area contributed by atoms with Crippen LogP contribution in [0, 0.1) is 0 Å². The number of aromatic carboxylic acids is 1. The van der Waals surface area contributed by atoms with Crippen LogP contribution in [0.4, 0.5) is 0 Å². The Labute approximate surface area is 111 Å². The largest absolute Gasteiger partial charge is 0.478 e. The van der Waals surface area contributed by atoms with Crippen LogP contribution >= 0.6 is 34.7 Å². The first-order valence-corrected chi connectivity index (χ1v) is 6.90. The molecule has 1 aromatic heterocycles. The molecule has 0 amide bonds. The standard InChI is InChI=1S/C11H8ClNO2S2/c12-11-13-5-7(17-11)6-16-9-4-2-1-3-8(9)10(14)15/h1-5H,6H2,(H,14,15). The molecular weight excluding hydrogens is 278 g/mol. The lowest BCUT2D eigenvalue weighted by Crippen LogP contribution is -1.98. The van der Waals surface area contributed by atoms with Gasteiger partial charge in [-0.2, -0.15) is 0 Å². The summed E-state index contributed by atoms with van der Waals surface area (Å²) in [6.45, 7) is 0. The number of benzene rings is 1. The van der Waals surface area contributed by atoms with E-state index in [0.29, 0.717) is 15.8 Å². The molecule has 88 valence electrons. The number of carbonyl (C=O) groups is 1. The summed E-state index contributed by atoms with van der Waals surface area (Å²) in [7, 11) is 0. The third kappa shape index (κ3) is 3.21. The van der Waals surface area contributed by atoms with E-state index in [1.165, 1.54) is 23.1 Å². The number of carboxylic acid groups (broad SMARTS) is 1. The maximum absolute atomic E-state index is 11.0. The summed E-state index contributed by atoms with van der Waals surface area (Å²) in [6, 6.07) is 6.95. The first-order valence-electron chi connectivity index (χ1n) is 4.72. The molecule has 0 unspecified atom stereocenters. The molecule has 3 nitrogen and oxygen atoms in total. The summed E-state index contributed by atoms with van der Waals surface area (Å²) in [6.07, 6.45) is 1.71. The van der Waals surface area contributed by atoms with E-state index in [0.717, 1.165) is 9.77 Å². The van der Waals surface area contributed by atoms with Gasteiger partial charge in [-0.25, -0.2) is 9.78 Å². The Bertz CT molecular complexity index is 542. The molecule has 1 aromatic carbocycles. The van der Waals surface area contributed by atoms with Gasteiger partial charge in [0.25, 0.3) is 0 Å². The highest BCUT2D eigenvalue weighted by Gasteiger charge is 2.10. The average Bonchev–Trinajstić information content (AvgIpc) is 2.73. The Morgan fingerprint density at radius 3 is 2.88 bits per heavy atom. The van der Waals surface area contributed by atoms with Crippen LogP contribution in [0.25, 0.3) is 0 Å². The summed E-state index contributed by atoms with van der Waals surface area (Å²) < 4.78 is 0.507. The number of rotatable bonds is 4. The zero-order valence-electron chi connectivity index (χ0n) is 8.59. The third-order valence-corrected chi connectivity index (χ3v) is 4.43. The SMILES string of the molecule is O=C(O)c1ccccc1SCc1cnc(Cl)s1. The fraction of sp³-hybridized carbons (Fsp3) is 0.0909. The zero-order chi connectivity index (χ0) is 12.3. The first-order chi connectivity index (χ1) is 8.16. The van der Waals surface area contributed by atoms with E-state index < -0.39 is 5.97 Å². The second kappa shape index (κ2) is 5.53. The van der Waals surface area contributed by atoms with E-state index in [1.54, 1.807) is 24.4 Å². The fourth-order valence-electron chi connectivity index (χ4n) is 1.27. The van der Waals surface area contributed by atoms with E-state index in [1.807, 2.05) is 6.07 Å². The zero-order valence-corrected chi connectivity index (χ0v) is 11.0. The van der Waals surface area contributed by atoms with Gasteiger partial charge in [0.2, 0.25) is 0 Å². The summed E-state index contributed by atoms with van der Waals surface area (Å²) in [5.74, 6) is -0.232. The van der Waals surface area contributed by atoms with Crippen LogP contribution in [0.1, 0.15) is 15.2 Å². The Balaban J connectivity index is 2.11. The van der Waals surface area contributed by atoms with Crippen LogP contribution in [0.15, 0.2) is 35.4 Å². The van der Waals surface area contributed by atoms with Crippen LogP contribution in [-0.4, -0.2) is 16.1 Å². The van der Waals surface area contributed by atoms with Gasteiger partial charge < -0.3 is 5.11 Å². The van der Waals surface area contributed by atoms with Crippen molar-refractivity contribution in [2.24, 2.45) is 0 Å². The topological polar surface area (TPSA) is 50.2 Å². The number of halogens is 1. The van der Waals surface area contributed by atoms with Crippen LogP contribution in [0.5, 0.6) is 0 Å². The van der Waals surface area contributed by atoms with Crippen molar-refractivity contribution in [3.05, 3.63) is 45.4 Å². The molecule has 0 aliphatic carbocycles. The van der Waals surface area contributed by atoms with Crippen molar-refractivity contribution in [1.82, 2.24) is 4.98 Å². The molecule has 17 heavy (non-hydrogen) atoms. The Hall–Kier alpha value is -1.04.